The van der Waals surface area contributed by atoms with E-state index >= 15 is 0 Å². The molecule has 0 atom stereocenters. The number of benzene rings is 1. The molecule has 6 heteroatoms. The molecule has 1 aromatic carbocycles. The lowest BCUT2D eigenvalue weighted by molar-refractivity contribution is -0.152. The molecule has 20 heavy (non-hydrogen) atoms. The SMILES string of the molecule is CCOCC(=O)OCC(=O)NCc1ccccc1OC. The average Bonchev–Trinajstić information content (AvgIpc) is 2.48. The van der Waals surface area contributed by atoms with Crippen molar-refractivity contribution in [2.24, 2.45) is 0 Å². The Hall–Kier alpha value is -2.08. The largest absolute Gasteiger partial charge is 0.496 e. The monoisotopic (exact) mass is 281 g/mol. The fourth-order valence-electron chi connectivity index (χ4n) is 1.47. The second-order valence-electron chi connectivity index (χ2n) is 3.89. The minimum absolute atomic E-state index is 0.143. The number of hydrogen-bond acceptors (Lipinski definition) is 5. The molecule has 0 aliphatic heterocycles. The van der Waals surface area contributed by atoms with E-state index in [-0.39, 0.29) is 19.1 Å². The number of methoxy groups -OCH3 is 1. The molecule has 0 radical (unpaired) electrons. The van der Waals surface area contributed by atoms with Crippen LogP contribution in [0.25, 0.3) is 0 Å². The molecule has 1 rings (SSSR count). The van der Waals surface area contributed by atoms with Crippen LogP contribution in [0.3, 0.4) is 0 Å². The van der Waals surface area contributed by atoms with Crippen molar-refractivity contribution in [2.75, 3.05) is 26.9 Å². The van der Waals surface area contributed by atoms with Crippen molar-refractivity contribution in [2.45, 2.75) is 13.5 Å². The Morgan fingerprint density at radius 3 is 2.65 bits per heavy atom. The van der Waals surface area contributed by atoms with E-state index < -0.39 is 5.97 Å². The van der Waals surface area contributed by atoms with Crippen LogP contribution in [-0.4, -0.2) is 38.8 Å². The molecule has 0 aromatic heterocycles. The van der Waals surface area contributed by atoms with Crippen molar-refractivity contribution >= 4 is 11.9 Å². The highest BCUT2D eigenvalue weighted by atomic mass is 16.6. The Labute approximate surface area is 118 Å². The number of para-hydroxylation sites is 1. The molecule has 0 aliphatic carbocycles. The van der Waals surface area contributed by atoms with Crippen molar-refractivity contribution in [3.8, 4) is 5.75 Å². The number of carbonyl (C=O) groups is 2. The highest BCUT2D eigenvalue weighted by molar-refractivity contribution is 5.80. The van der Waals surface area contributed by atoms with Crippen LogP contribution in [0.5, 0.6) is 5.75 Å². The van der Waals surface area contributed by atoms with Gasteiger partial charge in [-0.25, -0.2) is 4.79 Å². The number of ether oxygens (including phenoxy) is 3. The maximum absolute atomic E-state index is 11.5. The van der Waals surface area contributed by atoms with Crippen molar-refractivity contribution in [1.29, 1.82) is 0 Å². The molecule has 1 aromatic rings. The summed E-state index contributed by atoms with van der Waals surface area (Å²) in [5, 5.41) is 2.65. The lowest BCUT2D eigenvalue weighted by atomic mass is 10.2. The number of esters is 1. The Kier molecular flexibility index (Phi) is 7.13. The van der Waals surface area contributed by atoms with Crippen LogP contribution in [0.1, 0.15) is 12.5 Å². The molecule has 6 nitrogen and oxygen atoms in total. The Morgan fingerprint density at radius 1 is 1.20 bits per heavy atom. The summed E-state index contributed by atoms with van der Waals surface area (Å²) >= 11 is 0. The number of amides is 1. The molecule has 0 unspecified atom stereocenters. The second-order valence-corrected chi connectivity index (χ2v) is 3.89. The topological polar surface area (TPSA) is 73.9 Å². The van der Waals surface area contributed by atoms with Gasteiger partial charge >= 0.3 is 5.97 Å². The van der Waals surface area contributed by atoms with Crippen LogP contribution >= 0.6 is 0 Å². The van der Waals surface area contributed by atoms with Gasteiger partial charge < -0.3 is 19.5 Å². The van der Waals surface area contributed by atoms with Crippen molar-refractivity contribution in [1.82, 2.24) is 5.32 Å². The molecule has 0 heterocycles. The van der Waals surface area contributed by atoms with E-state index in [1.165, 1.54) is 0 Å². The van der Waals surface area contributed by atoms with Gasteiger partial charge in [0.2, 0.25) is 0 Å². The van der Waals surface area contributed by atoms with Gasteiger partial charge in [0, 0.05) is 18.7 Å². The predicted molar refractivity (Wildman–Crippen MR) is 72.3 cm³/mol. The van der Waals surface area contributed by atoms with Gasteiger partial charge in [0.05, 0.1) is 7.11 Å². The summed E-state index contributed by atoms with van der Waals surface area (Å²) < 4.78 is 14.8. The van der Waals surface area contributed by atoms with Gasteiger partial charge in [0.25, 0.3) is 5.91 Å². The molecule has 110 valence electrons. The summed E-state index contributed by atoms with van der Waals surface area (Å²) in [4.78, 5) is 22.7. The lowest BCUT2D eigenvalue weighted by Gasteiger charge is -2.09. The smallest absolute Gasteiger partial charge is 0.332 e. The van der Waals surface area contributed by atoms with Gasteiger partial charge in [-0.3, -0.25) is 4.79 Å². The third-order valence-corrected chi connectivity index (χ3v) is 2.46. The number of carbonyl (C=O) groups excluding carboxylic acids is 2. The highest BCUT2D eigenvalue weighted by Gasteiger charge is 2.08. The van der Waals surface area contributed by atoms with Crippen LogP contribution < -0.4 is 10.1 Å². The van der Waals surface area contributed by atoms with Crippen molar-refractivity contribution in [3.63, 3.8) is 0 Å². The van der Waals surface area contributed by atoms with E-state index in [2.05, 4.69) is 5.32 Å². The summed E-state index contributed by atoms with van der Waals surface area (Å²) in [6, 6.07) is 7.36. The van der Waals surface area contributed by atoms with Crippen LogP contribution in [0.4, 0.5) is 0 Å². The molecular formula is C14H19NO5. The van der Waals surface area contributed by atoms with E-state index in [0.29, 0.717) is 18.9 Å². The third kappa shape index (κ3) is 5.71. The maximum atomic E-state index is 11.5. The van der Waals surface area contributed by atoms with E-state index in [0.717, 1.165) is 5.56 Å². The molecule has 0 saturated carbocycles. The summed E-state index contributed by atoms with van der Waals surface area (Å²) in [6.07, 6.45) is 0. The summed E-state index contributed by atoms with van der Waals surface area (Å²) in [5.74, 6) is -0.235. The quantitative estimate of drug-likeness (QED) is 0.716. The van der Waals surface area contributed by atoms with Gasteiger partial charge in [0.1, 0.15) is 12.4 Å². The summed E-state index contributed by atoms with van der Waals surface area (Å²) in [5.41, 5.74) is 0.851. The zero-order valence-electron chi connectivity index (χ0n) is 11.7. The normalized spacial score (nSPS) is 9.90. The minimum Gasteiger partial charge on any atom is -0.496 e. The van der Waals surface area contributed by atoms with Gasteiger partial charge in [-0.2, -0.15) is 0 Å². The van der Waals surface area contributed by atoms with Crippen molar-refractivity contribution in [3.05, 3.63) is 29.8 Å². The predicted octanol–water partition coefficient (Wildman–Crippen LogP) is 0.891. The number of nitrogens with one attached hydrogen (secondary N) is 1. The Morgan fingerprint density at radius 2 is 1.95 bits per heavy atom. The first-order valence-corrected chi connectivity index (χ1v) is 6.29. The maximum Gasteiger partial charge on any atom is 0.332 e. The van der Waals surface area contributed by atoms with Gasteiger partial charge in [-0.05, 0) is 13.0 Å². The fourth-order valence-corrected chi connectivity index (χ4v) is 1.47. The van der Waals surface area contributed by atoms with Gasteiger partial charge in [0.15, 0.2) is 6.61 Å². The molecule has 1 N–H and O–H groups in total. The molecule has 0 fully saturated rings. The van der Waals surface area contributed by atoms with Crippen LogP contribution in [0.15, 0.2) is 24.3 Å². The van der Waals surface area contributed by atoms with E-state index in [9.17, 15) is 9.59 Å². The first-order chi connectivity index (χ1) is 9.67. The lowest BCUT2D eigenvalue weighted by Crippen LogP contribution is -2.29. The van der Waals surface area contributed by atoms with E-state index in [1.807, 2.05) is 24.3 Å². The van der Waals surface area contributed by atoms with Crippen LogP contribution in [0, 0.1) is 0 Å². The number of hydrogen-bond donors (Lipinski definition) is 1. The molecule has 0 aliphatic rings. The Bertz CT molecular complexity index is 447. The summed E-state index contributed by atoms with van der Waals surface area (Å²) in [6.45, 7) is 2.05. The first kappa shape index (κ1) is 16.0. The number of rotatable bonds is 8. The Balaban J connectivity index is 2.31. The first-order valence-electron chi connectivity index (χ1n) is 6.29. The molecule has 1 amide bonds. The molecule has 0 saturated heterocycles. The molecule has 0 spiro atoms. The van der Waals surface area contributed by atoms with Crippen LogP contribution in [0.2, 0.25) is 0 Å². The van der Waals surface area contributed by atoms with E-state index in [1.54, 1.807) is 14.0 Å². The third-order valence-electron chi connectivity index (χ3n) is 2.46. The fraction of sp³-hybridized carbons (Fsp3) is 0.429. The highest BCUT2D eigenvalue weighted by Crippen LogP contribution is 2.16. The second kappa shape index (κ2) is 8.92. The average molecular weight is 281 g/mol. The molecular weight excluding hydrogens is 262 g/mol. The van der Waals surface area contributed by atoms with Gasteiger partial charge in [-0.1, -0.05) is 18.2 Å². The standard InChI is InChI=1S/C14H19NO5/c1-3-19-10-14(17)20-9-13(16)15-8-11-6-4-5-7-12(11)18-2/h4-7H,3,8-10H2,1-2H3,(H,15,16). The van der Waals surface area contributed by atoms with Gasteiger partial charge in [-0.15, -0.1) is 0 Å². The summed E-state index contributed by atoms with van der Waals surface area (Å²) in [7, 11) is 1.57. The minimum atomic E-state index is -0.556. The van der Waals surface area contributed by atoms with Crippen molar-refractivity contribution < 1.29 is 23.8 Å². The molecule has 0 bridgehead atoms. The van der Waals surface area contributed by atoms with Crippen LogP contribution in [-0.2, 0) is 25.6 Å². The zero-order valence-corrected chi connectivity index (χ0v) is 11.7. The van der Waals surface area contributed by atoms with E-state index in [4.69, 9.17) is 14.2 Å². The zero-order chi connectivity index (χ0) is 14.8.